The van der Waals surface area contributed by atoms with Crippen molar-refractivity contribution in [1.29, 1.82) is 0 Å². The molecule has 30 heavy (non-hydrogen) atoms. The van der Waals surface area contributed by atoms with Crippen LogP contribution in [0.1, 0.15) is 23.1 Å². The third kappa shape index (κ3) is 4.92. The first kappa shape index (κ1) is 20.2. The normalized spacial score (nSPS) is 16.3. The maximum absolute atomic E-state index is 12.9. The van der Waals surface area contributed by atoms with E-state index in [0.29, 0.717) is 31.2 Å². The van der Waals surface area contributed by atoms with Crippen LogP contribution >= 0.6 is 11.3 Å². The Morgan fingerprint density at radius 3 is 3.07 bits per heavy atom. The summed E-state index contributed by atoms with van der Waals surface area (Å²) in [4.78, 5) is 19.4. The van der Waals surface area contributed by atoms with E-state index in [9.17, 15) is 4.79 Å². The highest BCUT2D eigenvalue weighted by Gasteiger charge is 2.27. The molecule has 0 radical (unpaired) electrons. The molecule has 1 aliphatic rings. The number of benzene rings is 1. The number of pyridine rings is 1. The van der Waals surface area contributed by atoms with E-state index in [1.165, 1.54) is 11.3 Å². The number of morpholine rings is 1. The van der Waals surface area contributed by atoms with Gasteiger partial charge in [0.05, 0.1) is 32.4 Å². The smallest absolute Gasteiger partial charge is 0.227 e. The van der Waals surface area contributed by atoms with E-state index in [1.54, 1.807) is 12.6 Å². The number of nitrogens with one attached hydrogen (secondary N) is 1. The first-order valence-electron chi connectivity index (χ1n) is 9.65. The van der Waals surface area contributed by atoms with Gasteiger partial charge in [0.2, 0.25) is 11.0 Å². The summed E-state index contributed by atoms with van der Waals surface area (Å²) in [6.45, 7) is 3.45. The lowest BCUT2D eigenvalue weighted by Gasteiger charge is -2.33. The molecule has 3 heterocycles. The van der Waals surface area contributed by atoms with Gasteiger partial charge >= 0.3 is 0 Å². The zero-order chi connectivity index (χ0) is 20.9. The highest BCUT2D eigenvalue weighted by molar-refractivity contribution is 7.13. The fourth-order valence-corrected chi connectivity index (χ4v) is 3.87. The standard InChI is InChI=1S/C21H23N5O3S/c1-14-8-16(24-21-25-22-13-30-21)11-18(23-14)19-12-26(6-7-29-19)20(27)10-15-4-3-5-17(9-15)28-2/h3-5,8-9,11,13,19H,6-7,10,12H2,1-2H3,(H,23,24,25)/t19-/m0/s1. The van der Waals surface area contributed by atoms with Crippen molar-refractivity contribution in [3.05, 3.63) is 58.9 Å². The minimum absolute atomic E-state index is 0.0661. The van der Waals surface area contributed by atoms with Crippen molar-refractivity contribution in [1.82, 2.24) is 20.1 Å². The van der Waals surface area contributed by atoms with Gasteiger partial charge in [0.25, 0.3) is 0 Å². The molecule has 1 atom stereocenters. The fraction of sp³-hybridized carbons (Fsp3) is 0.333. The molecule has 1 amide bonds. The van der Waals surface area contributed by atoms with Gasteiger partial charge in [-0.1, -0.05) is 23.5 Å². The number of hydrogen-bond donors (Lipinski definition) is 1. The Kier molecular flexibility index (Phi) is 6.20. The molecule has 1 aromatic carbocycles. The van der Waals surface area contributed by atoms with E-state index in [-0.39, 0.29) is 12.0 Å². The Labute approximate surface area is 178 Å². The maximum Gasteiger partial charge on any atom is 0.227 e. The minimum atomic E-state index is -0.275. The summed E-state index contributed by atoms with van der Waals surface area (Å²) in [6.07, 6.45) is 0.0533. The van der Waals surface area contributed by atoms with Crippen LogP contribution in [0.15, 0.2) is 41.9 Å². The second-order valence-electron chi connectivity index (χ2n) is 7.02. The lowest BCUT2D eigenvalue weighted by molar-refractivity contribution is -0.138. The van der Waals surface area contributed by atoms with Crippen molar-refractivity contribution in [3.8, 4) is 5.75 Å². The number of nitrogens with zero attached hydrogens (tertiary/aromatic N) is 4. The van der Waals surface area contributed by atoms with Crippen molar-refractivity contribution < 1.29 is 14.3 Å². The number of amides is 1. The molecule has 0 spiro atoms. The van der Waals surface area contributed by atoms with E-state index in [2.05, 4.69) is 20.5 Å². The average molecular weight is 426 g/mol. The summed E-state index contributed by atoms with van der Waals surface area (Å²) in [5, 5.41) is 11.8. The maximum atomic E-state index is 12.9. The van der Waals surface area contributed by atoms with E-state index < -0.39 is 0 Å². The largest absolute Gasteiger partial charge is 0.497 e. The van der Waals surface area contributed by atoms with Gasteiger partial charge in [0.15, 0.2) is 0 Å². The molecular weight excluding hydrogens is 402 g/mol. The van der Waals surface area contributed by atoms with Crippen LogP contribution in [0.2, 0.25) is 0 Å². The quantitative estimate of drug-likeness (QED) is 0.649. The summed E-state index contributed by atoms with van der Waals surface area (Å²) < 4.78 is 11.2. The van der Waals surface area contributed by atoms with Crippen molar-refractivity contribution in [3.63, 3.8) is 0 Å². The molecule has 8 nitrogen and oxygen atoms in total. The van der Waals surface area contributed by atoms with Crippen LogP contribution in [0.5, 0.6) is 5.75 Å². The van der Waals surface area contributed by atoms with Gasteiger partial charge in [-0.3, -0.25) is 9.78 Å². The second kappa shape index (κ2) is 9.19. The predicted molar refractivity (Wildman–Crippen MR) is 114 cm³/mol. The zero-order valence-corrected chi connectivity index (χ0v) is 17.7. The van der Waals surface area contributed by atoms with Gasteiger partial charge < -0.3 is 19.7 Å². The number of anilines is 2. The molecule has 1 aliphatic heterocycles. The van der Waals surface area contributed by atoms with Crippen LogP contribution in [0.25, 0.3) is 0 Å². The van der Waals surface area contributed by atoms with Gasteiger partial charge in [-0.25, -0.2) is 0 Å². The van der Waals surface area contributed by atoms with Crippen LogP contribution in [0.3, 0.4) is 0 Å². The van der Waals surface area contributed by atoms with Crippen LogP contribution in [-0.4, -0.2) is 52.8 Å². The van der Waals surface area contributed by atoms with E-state index in [1.807, 2.05) is 48.2 Å². The third-order valence-electron chi connectivity index (χ3n) is 4.82. The van der Waals surface area contributed by atoms with Crippen LogP contribution < -0.4 is 10.1 Å². The molecule has 0 unspecified atom stereocenters. The Balaban J connectivity index is 1.45. The van der Waals surface area contributed by atoms with Crippen molar-refractivity contribution in [2.45, 2.75) is 19.4 Å². The summed E-state index contributed by atoms with van der Waals surface area (Å²) in [5.74, 6) is 0.816. The number of hydrogen-bond acceptors (Lipinski definition) is 8. The van der Waals surface area contributed by atoms with Crippen LogP contribution in [0, 0.1) is 6.92 Å². The number of carbonyl (C=O) groups excluding carboxylic acids is 1. The highest BCUT2D eigenvalue weighted by atomic mass is 32.1. The third-order valence-corrected chi connectivity index (χ3v) is 5.43. The van der Waals surface area contributed by atoms with Crippen molar-refractivity contribution in [2.24, 2.45) is 0 Å². The first-order valence-corrected chi connectivity index (χ1v) is 10.5. The summed E-state index contributed by atoms with van der Waals surface area (Å²) in [5.41, 5.74) is 5.13. The molecule has 1 N–H and O–H groups in total. The topological polar surface area (TPSA) is 89.5 Å². The second-order valence-corrected chi connectivity index (χ2v) is 7.85. The number of rotatable bonds is 6. The van der Waals surface area contributed by atoms with Gasteiger partial charge in [-0.15, -0.1) is 10.2 Å². The molecule has 0 saturated carbocycles. The van der Waals surface area contributed by atoms with E-state index in [4.69, 9.17) is 9.47 Å². The predicted octanol–water partition coefficient (Wildman–Crippen LogP) is 3.14. The minimum Gasteiger partial charge on any atom is -0.497 e. The van der Waals surface area contributed by atoms with E-state index in [0.717, 1.165) is 28.4 Å². The molecule has 1 saturated heterocycles. The summed E-state index contributed by atoms with van der Waals surface area (Å²) in [6, 6.07) is 11.5. The number of aryl methyl sites for hydroxylation is 1. The van der Waals surface area contributed by atoms with Gasteiger partial charge in [-0.2, -0.15) is 0 Å². The van der Waals surface area contributed by atoms with Crippen molar-refractivity contribution in [2.75, 3.05) is 32.1 Å². The molecule has 2 aromatic heterocycles. The monoisotopic (exact) mass is 425 g/mol. The van der Waals surface area contributed by atoms with Crippen molar-refractivity contribution >= 4 is 28.1 Å². The summed E-state index contributed by atoms with van der Waals surface area (Å²) in [7, 11) is 1.62. The zero-order valence-electron chi connectivity index (χ0n) is 16.9. The molecule has 4 rings (SSSR count). The number of methoxy groups -OCH3 is 1. The molecule has 0 aliphatic carbocycles. The van der Waals surface area contributed by atoms with Gasteiger partial charge in [0.1, 0.15) is 17.4 Å². The molecule has 156 valence electrons. The van der Waals surface area contributed by atoms with Crippen LogP contribution in [0.4, 0.5) is 10.8 Å². The lowest BCUT2D eigenvalue weighted by atomic mass is 10.1. The van der Waals surface area contributed by atoms with Crippen LogP contribution in [-0.2, 0) is 16.0 Å². The van der Waals surface area contributed by atoms with Gasteiger partial charge in [-0.05, 0) is 36.8 Å². The van der Waals surface area contributed by atoms with Gasteiger partial charge in [0, 0.05) is 17.9 Å². The fourth-order valence-electron chi connectivity index (χ4n) is 3.41. The molecule has 1 fully saturated rings. The van der Waals surface area contributed by atoms with E-state index >= 15 is 0 Å². The Morgan fingerprint density at radius 2 is 2.27 bits per heavy atom. The Morgan fingerprint density at radius 1 is 1.37 bits per heavy atom. The first-order chi connectivity index (χ1) is 14.6. The molecule has 9 heteroatoms. The lowest BCUT2D eigenvalue weighted by Crippen LogP contribution is -2.43. The number of aromatic nitrogens is 3. The molecule has 0 bridgehead atoms. The Hall–Kier alpha value is -3.04. The number of ether oxygens (including phenoxy) is 2. The average Bonchev–Trinajstić information content (AvgIpc) is 3.26. The highest BCUT2D eigenvalue weighted by Crippen LogP contribution is 2.26. The molecule has 3 aromatic rings. The molecular formula is C21H23N5O3S. The summed E-state index contributed by atoms with van der Waals surface area (Å²) >= 11 is 1.43. The number of carbonyl (C=O) groups is 1. The SMILES string of the molecule is COc1cccc(CC(=O)N2CCO[C@H](c3cc(Nc4nncs4)cc(C)n3)C2)c1. The Bertz CT molecular complexity index is 1010.